The number of aromatic nitrogens is 1. The molecule has 7 heteroatoms. The van der Waals surface area contributed by atoms with E-state index in [1.807, 2.05) is 0 Å². The van der Waals surface area contributed by atoms with Gasteiger partial charge in [0.15, 0.2) is 0 Å². The molecular formula is C19H19FN2O4. The number of H-pyrrole nitrogens is 1. The Kier molecular flexibility index (Phi) is 4.01. The second-order valence-corrected chi connectivity index (χ2v) is 7.15. The lowest BCUT2D eigenvalue weighted by Crippen LogP contribution is -2.46. The molecule has 0 radical (unpaired) electrons. The van der Waals surface area contributed by atoms with E-state index in [0.717, 1.165) is 31.7 Å². The number of aliphatic carboxylic acids is 1. The molecule has 2 aliphatic rings. The first kappa shape index (κ1) is 16.8. The molecule has 1 aliphatic carbocycles. The Morgan fingerprint density at radius 1 is 1.19 bits per heavy atom. The summed E-state index contributed by atoms with van der Waals surface area (Å²) in [5.41, 5.74) is -0.161. The smallest absolute Gasteiger partial charge is 0.326 e. The van der Waals surface area contributed by atoms with Gasteiger partial charge in [-0.15, -0.1) is 0 Å². The number of carboxylic acids is 1. The minimum absolute atomic E-state index is 0.118. The van der Waals surface area contributed by atoms with Gasteiger partial charge in [-0.25, -0.2) is 9.18 Å². The molecule has 0 unspecified atom stereocenters. The number of hydrogen-bond donors (Lipinski definition) is 2. The zero-order valence-electron chi connectivity index (χ0n) is 14.1. The number of carbonyl (C=O) groups is 2. The van der Waals surface area contributed by atoms with Crippen molar-refractivity contribution in [3.63, 3.8) is 0 Å². The molecule has 1 aromatic heterocycles. The normalized spacial score (nSPS) is 25.3. The van der Waals surface area contributed by atoms with E-state index in [9.17, 15) is 23.9 Å². The minimum atomic E-state index is -1.02. The van der Waals surface area contributed by atoms with E-state index >= 15 is 0 Å². The second kappa shape index (κ2) is 6.23. The van der Waals surface area contributed by atoms with Gasteiger partial charge in [-0.2, -0.15) is 0 Å². The summed E-state index contributed by atoms with van der Waals surface area (Å²) >= 11 is 0. The minimum Gasteiger partial charge on any atom is -0.480 e. The number of carbonyl (C=O) groups excluding carboxylic acids is 1. The van der Waals surface area contributed by atoms with Crippen LogP contribution in [0.5, 0.6) is 0 Å². The number of pyridine rings is 1. The van der Waals surface area contributed by atoms with Crippen molar-refractivity contribution in [1.29, 1.82) is 0 Å². The molecule has 4 rings (SSSR count). The molecule has 2 heterocycles. The van der Waals surface area contributed by atoms with Crippen LogP contribution in [-0.2, 0) is 4.79 Å². The van der Waals surface area contributed by atoms with Crippen molar-refractivity contribution in [2.24, 2.45) is 5.92 Å². The molecule has 3 atom stereocenters. The van der Waals surface area contributed by atoms with E-state index in [4.69, 9.17) is 0 Å². The topological polar surface area (TPSA) is 90.5 Å². The number of nitrogens with one attached hydrogen (secondary N) is 1. The van der Waals surface area contributed by atoms with Crippen LogP contribution in [0.15, 0.2) is 29.1 Å². The number of nitrogens with zero attached hydrogens (tertiary/aromatic N) is 1. The molecule has 0 spiro atoms. The number of benzene rings is 1. The van der Waals surface area contributed by atoms with Crippen molar-refractivity contribution in [3.05, 3.63) is 46.0 Å². The lowest BCUT2D eigenvalue weighted by atomic mass is 9.84. The highest BCUT2D eigenvalue weighted by atomic mass is 19.1. The van der Waals surface area contributed by atoms with Crippen LogP contribution in [-0.4, -0.2) is 39.0 Å². The largest absolute Gasteiger partial charge is 0.480 e. The fourth-order valence-corrected chi connectivity index (χ4v) is 4.52. The Balaban J connectivity index is 1.82. The standard InChI is InChI=1S/C19H19FN2O4/c20-11-5-6-12-13(9-17(23)21-14(12)8-11)18(24)22-15-4-2-1-3-10(15)7-16(22)19(25)26/h5-6,8-10,15-16H,1-4,7H2,(H,21,23)(H,25,26)/t10-,15-,16+/m1/s1. The fourth-order valence-electron chi connectivity index (χ4n) is 4.52. The lowest BCUT2D eigenvalue weighted by Gasteiger charge is -2.33. The van der Waals surface area contributed by atoms with E-state index in [-0.39, 0.29) is 23.0 Å². The van der Waals surface area contributed by atoms with Crippen molar-refractivity contribution in [3.8, 4) is 0 Å². The third kappa shape index (κ3) is 2.67. The van der Waals surface area contributed by atoms with Gasteiger partial charge in [-0.3, -0.25) is 9.59 Å². The zero-order chi connectivity index (χ0) is 18.4. The number of carboxylic acid groups (broad SMARTS) is 1. The van der Waals surface area contributed by atoms with Crippen LogP contribution in [0.2, 0.25) is 0 Å². The molecule has 6 nitrogen and oxygen atoms in total. The first-order chi connectivity index (χ1) is 12.5. The Morgan fingerprint density at radius 2 is 1.96 bits per heavy atom. The fraction of sp³-hybridized carbons (Fsp3) is 0.421. The molecule has 136 valence electrons. The quantitative estimate of drug-likeness (QED) is 0.863. The summed E-state index contributed by atoms with van der Waals surface area (Å²) in [5, 5.41) is 10.0. The van der Waals surface area contributed by atoms with Gasteiger partial charge in [-0.05, 0) is 43.4 Å². The van der Waals surface area contributed by atoms with E-state index < -0.39 is 29.3 Å². The number of fused-ring (bicyclic) bond motifs is 2. The summed E-state index contributed by atoms with van der Waals surface area (Å²) in [6.45, 7) is 0. The van der Waals surface area contributed by atoms with Crippen LogP contribution in [0.3, 0.4) is 0 Å². The number of halogens is 1. The number of rotatable bonds is 2. The Morgan fingerprint density at radius 3 is 2.73 bits per heavy atom. The number of amides is 1. The summed E-state index contributed by atoms with van der Waals surface area (Å²) in [5.74, 6) is -1.82. The molecule has 1 aliphatic heterocycles. The average Bonchev–Trinajstić information content (AvgIpc) is 3.00. The Hall–Kier alpha value is -2.70. The molecular weight excluding hydrogens is 339 g/mol. The van der Waals surface area contributed by atoms with Gasteiger partial charge < -0.3 is 15.0 Å². The Labute approximate surface area is 148 Å². The third-order valence-corrected chi connectivity index (χ3v) is 5.64. The molecule has 2 fully saturated rings. The van der Waals surface area contributed by atoms with Gasteiger partial charge in [0.05, 0.1) is 11.1 Å². The summed E-state index contributed by atoms with van der Waals surface area (Å²) in [6, 6.07) is 4.00. The first-order valence-corrected chi connectivity index (χ1v) is 8.84. The maximum atomic E-state index is 13.5. The predicted molar refractivity (Wildman–Crippen MR) is 92.5 cm³/mol. The van der Waals surface area contributed by atoms with Gasteiger partial charge in [0, 0.05) is 17.5 Å². The van der Waals surface area contributed by atoms with Crippen LogP contribution < -0.4 is 5.56 Å². The van der Waals surface area contributed by atoms with Crippen LogP contribution in [0.1, 0.15) is 42.5 Å². The SMILES string of the molecule is O=C(O)[C@@H]1C[C@H]2CCCC[C@H]2N1C(=O)c1cc(=O)[nH]c2cc(F)ccc12. The Bertz CT molecular complexity index is 954. The van der Waals surface area contributed by atoms with Crippen LogP contribution in [0.4, 0.5) is 4.39 Å². The van der Waals surface area contributed by atoms with Crippen LogP contribution in [0, 0.1) is 11.7 Å². The number of hydrogen-bond acceptors (Lipinski definition) is 3. The zero-order valence-corrected chi connectivity index (χ0v) is 14.1. The monoisotopic (exact) mass is 358 g/mol. The van der Waals surface area contributed by atoms with Gasteiger partial charge >= 0.3 is 5.97 Å². The summed E-state index contributed by atoms with van der Waals surface area (Å²) in [4.78, 5) is 41.0. The number of likely N-dealkylation sites (tertiary alicyclic amines) is 1. The van der Waals surface area contributed by atoms with Crippen LogP contribution in [0.25, 0.3) is 10.9 Å². The van der Waals surface area contributed by atoms with Gasteiger partial charge in [-0.1, -0.05) is 12.8 Å². The summed E-state index contributed by atoms with van der Waals surface area (Å²) in [7, 11) is 0. The van der Waals surface area contributed by atoms with Gasteiger partial charge in [0.2, 0.25) is 5.56 Å². The first-order valence-electron chi connectivity index (χ1n) is 8.84. The molecule has 26 heavy (non-hydrogen) atoms. The average molecular weight is 358 g/mol. The van der Waals surface area contributed by atoms with Crippen molar-refractivity contribution in [2.45, 2.75) is 44.2 Å². The molecule has 2 aromatic rings. The lowest BCUT2D eigenvalue weighted by molar-refractivity contribution is -0.141. The van der Waals surface area contributed by atoms with Gasteiger partial charge in [0.25, 0.3) is 5.91 Å². The molecule has 1 saturated carbocycles. The van der Waals surface area contributed by atoms with Crippen molar-refractivity contribution >= 4 is 22.8 Å². The van der Waals surface area contributed by atoms with E-state index in [1.54, 1.807) is 0 Å². The van der Waals surface area contributed by atoms with Crippen LogP contribution >= 0.6 is 0 Å². The highest BCUT2D eigenvalue weighted by molar-refractivity contribution is 6.07. The molecule has 1 amide bonds. The highest BCUT2D eigenvalue weighted by Gasteiger charge is 2.47. The molecule has 1 aromatic carbocycles. The predicted octanol–water partition coefficient (Wildman–Crippen LogP) is 2.53. The van der Waals surface area contributed by atoms with E-state index in [1.165, 1.54) is 23.1 Å². The molecule has 2 N–H and O–H groups in total. The maximum absolute atomic E-state index is 13.5. The van der Waals surface area contributed by atoms with Crippen molar-refractivity contribution in [1.82, 2.24) is 9.88 Å². The third-order valence-electron chi connectivity index (χ3n) is 5.64. The highest BCUT2D eigenvalue weighted by Crippen LogP contribution is 2.40. The number of aromatic amines is 1. The van der Waals surface area contributed by atoms with Crippen molar-refractivity contribution in [2.75, 3.05) is 0 Å². The molecule has 0 bridgehead atoms. The van der Waals surface area contributed by atoms with Gasteiger partial charge in [0.1, 0.15) is 11.9 Å². The van der Waals surface area contributed by atoms with E-state index in [2.05, 4.69) is 4.98 Å². The maximum Gasteiger partial charge on any atom is 0.326 e. The summed E-state index contributed by atoms with van der Waals surface area (Å²) in [6.07, 6.45) is 4.14. The summed E-state index contributed by atoms with van der Waals surface area (Å²) < 4.78 is 13.5. The van der Waals surface area contributed by atoms with Crippen molar-refractivity contribution < 1.29 is 19.1 Å². The van der Waals surface area contributed by atoms with E-state index in [0.29, 0.717) is 11.8 Å². The second-order valence-electron chi connectivity index (χ2n) is 7.15. The molecule has 1 saturated heterocycles.